The molecule has 2 saturated heterocycles. The monoisotopic (exact) mass is 343 g/mol. The molecule has 1 aliphatic carbocycles. The van der Waals surface area contributed by atoms with Crippen molar-refractivity contribution < 1.29 is 18.0 Å². The minimum Gasteiger partial charge on any atom is -0.322 e. The molecule has 2 heterocycles. The van der Waals surface area contributed by atoms with Crippen molar-refractivity contribution >= 4 is 22.0 Å². The zero-order chi connectivity index (χ0) is 16.5. The van der Waals surface area contributed by atoms with Gasteiger partial charge >= 0.3 is 6.03 Å². The minimum atomic E-state index is -3.39. The van der Waals surface area contributed by atoms with E-state index in [1.807, 2.05) is 0 Å². The number of rotatable bonds is 4. The normalized spacial score (nSPS) is 30.4. The van der Waals surface area contributed by atoms with Crippen LogP contribution in [0, 0.1) is 5.92 Å². The molecule has 7 nitrogen and oxygen atoms in total. The number of piperidine rings is 1. The molecule has 0 aromatic rings. The van der Waals surface area contributed by atoms with Crippen LogP contribution in [0.2, 0.25) is 0 Å². The molecule has 0 bridgehead atoms. The van der Waals surface area contributed by atoms with E-state index in [-0.39, 0.29) is 12.3 Å². The second-order valence-electron chi connectivity index (χ2n) is 7.04. The van der Waals surface area contributed by atoms with E-state index in [4.69, 9.17) is 0 Å². The zero-order valence-electron chi connectivity index (χ0n) is 13.3. The van der Waals surface area contributed by atoms with Gasteiger partial charge in [-0.3, -0.25) is 10.1 Å². The first-order valence-corrected chi connectivity index (χ1v) is 10.1. The van der Waals surface area contributed by atoms with Gasteiger partial charge in [0.1, 0.15) is 5.54 Å². The molecule has 0 radical (unpaired) electrons. The van der Waals surface area contributed by atoms with Crippen molar-refractivity contribution in [1.82, 2.24) is 14.9 Å². The molecule has 1 atom stereocenters. The Kier molecular flexibility index (Phi) is 4.64. The predicted octanol–water partition coefficient (Wildman–Crippen LogP) is 0.961. The number of nitrogens with one attached hydrogen (secondary N) is 2. The Hall–Kier alpha value is -1.15. The molecule has 2 N–H and O–H groups in total. The zero-order valence-corrected chi connectivity index (χ0v) is 14.2. The van der Waals surface area contributed by atoms with Crippen LogP contribution in [0.25, 0.3) is 0 Å². The minimum absolute atomic E-state index is 0.0531. The highest BCUT2D eigenvalue weighted by atomic mass is 32.2. The van der Waals surface area contributed by atoms with Gasteiger partial charge in [-0.25, -0.2) is 13.2 Å². The van der Waals surface area contributed by atoms with Gasteiger partial charge in [-0.05, 0) is 25.2 Å². The van der Waals surface area contributed by atoms with Crippen LogP contribution in [0.4, 0.5) is 4.79 Å². The van der Waals surface area contributed by atoms with E-state index in [0.717, 1.165) is 12.8 Å². The number of urea groups is 1. The number of sulfonamides is 1. The summed E-state index contributed by atoms with van der Waals surface area (Å²) in [5.74, 6) is 0.241. The van der Waals surface area contributed by atoms with Gasteiger partial charge in [0.25, 0.3) is 5.91 Å². The maximum atomic E-state index is 12.6. The highest BCUT2D eigenvalue weighted by Crippen LogP contribution is 2.29. The fourth-order valence-corrected chi connectivity index (χ4v) is 5.70. The first kappa shape index (κ1) is 16.7. The van der Waals surface area contributed by atoms with E-state index in [0.29, 0.717) is 31.7 Å². The molecule has 2 aliphatic heterocycles. The summed E-state index contributed by atoms with van der Waals surface area (Å²) in [6.45, 7) is 0.482. The number of hydrogen-bond acceptors (Lipinski definition) is 4. The average molecular weight is 343 g/mol. The molecular formula is C15H25N3O4S. The molecule has 3 aliphatic rings. The molecule has 1 unspecified atom stereocenters. The van der Waals surface area contributed by atoms with Gasteiger partial charge in [0, 0.05) is 13.1 Å². The summed E-state index contributed by atoms with van der Waals surface area (Å²) < 4.78 is 26.7. The van der Waals surface area contributed by atoms with Crippen molar-refractivity contribution in [3.05, 3.63) is 0 Å². The van der Waals surface area contributed by atoms with Crippen LogP contribution in [0.5, 0.6) is 0 Å². The van der Waals surface area contributed by atoms with Crippen molar-refractivity contribution in [3.63, 3.8) is 0 Å². The van der Waals surface area contributed by atoms with Crippen molar-refractivity contribution in [3.8, 4) is 0 Å². The van der Waals surface area contributed by atoms with Crippen LogP contribution in [-0.4, -0.2) is 49.0 Å². The van der Waals surface area contributed by atoms with Gasteiger partial charge in [0.05, 0.1) is 5.75 Å². The van der Waals surface area contributed by atoms with Crippen LogP contribution >= 0.6 is 0 Å². The van der Waals surface area contributed by atoms with Gasteiger partial charge in [0.2, 0.25) is 10.0 Å². The fourth-order valence-electron chi connectivity index (χ4n) is 3.99. The van der Waals surface area contributed by atoms with Crippen LogP contribution in [0.3, 0.4) is 0 Å². The van der Waals surface area contributed by atoms with Gasteiger partial charge in [-0.2, -0.15) is 4.31 Å². The Bertz CT molecular complexity index is 586. The largest absolute Gasteiger partial charge is 0.322 e. The van der Waals surface area contributed by atoms with E-state index >= 15 is 0 Å². The third-order valence-corrected chi connectivity index (χ3v) is 7.22. The summed E-state index contributed by atoms with van der Waals surface area (Å²) in [5.41, 5.74) is -1.08. The van der Waals surface area contributed by atoms with Crippen LogP contribution in [-0.2, 0) is 14.8 Å². The van der Waals surface area contributed by atoms with E-state index in [1.54, 1.807) is 0 Å². The quantitative estimate of drug-likeness (QED) is 0.743. The molecule has 8 heteroatoms. The Morgan fingerprint density at radius 3 is 2.52 bits per heavy atom. The number of carbonyl (C=O) groups is 2. The lowest BCUT2D eigenvalue weighted by atomic mass is 9.88. The fraction of sp³-hybridized carbons (Fsp3) is 0.867. The topological polar surface area (TPSA) is 95.6 Å². The van der Waals surface area contributed by atoms with Gasteiger partial charge < -0.3 is 5.32 Å². The molecule has 130 valence electrons. The van der Waals surface area contributed by atoms with Crippen LogP contribution < -0.4 is 10.6 Å². The molecule has 3 amide bonds. The van der Waals surface area contributed by atoms with Gasteiger partial charge in [-0.15, -0.1) is 0 Å². The predicted molar refractivity (Wildman–Crippen MR) is 85.2 cm³/mol. The summed E-state index contributed by atoms with van der Waals surface area (Å²) in [6, 6.07) is -0.531. The van der Waals surface area contributed by atoms with E-state index in [2.05, 4.69) is 10.6 Å². The number of nitrogens with zero attached hydrogens (tertiary/aromatic N) is 1. The summed E-state index contributed by atoms with van der Waals surface area (Å²) in [4.78, 5) is 23.4. The lowest BCUT2D eigenvalue weighted by Crippen LogP contribution is -2.59. The summed E-state index contributed by atoms with van der Waals surface area (Å²) >= 11 is 0. The molecule has 3 fully saturated rings. The Morgan fingerprint density at radius 2 is 1.87 bits per heavy atom. The summed E-state index contributed by atoms with van der Waals surface area (Å²) in [5, 5.41) is 4.84. The highest BCUT2D eigenvalue weighted by Gasteiger charge is 2.50. The molecule has 0 aromatic carbocycles. The smallest absolute Gasteiger partial charge is 0.322 e. The second-order valence-corrected chi connectivity index (χ2v) is 9.12. The van der Waals surface area contributed by atoms with E-state index in [9.17, 15) is 18.0 Å². The lowest BCUT2D eigenvalue weighted by molar-refractivity contribution is -0.125. The van der Waals surface area contributed by atoms with Crippen molar-refractivity contribution in [2.75, 3.05) is 18.8 Å². The maximum Gasteiger partial charge on any atom is 0.322 e. The van der Waals surface area contributed by atoms with Crippen molar-refractivity contribution in [1.29, 1.82) is 0 Å². The van der Waals surface area contributed by atoms with Crippen molar-refractivity contribution in [2.24, 2.45) is 5.92 Å². The number of amides is 3. The molecule has 0 aromatic heterocycles. The first-order chi connectivity index (χ1) is 10.9. The summed E-state index contributed by atoms with van der Waals surface area (Å²) in [7, 11) is -3.39. The molecule has 23 heavy (non-hydrogen) atoms. The Balaban J connectivity index is 1.63. The average Bonchev–Trinajstić information content (AvgIpc) is 2.80. The molecular weight excluding hydrogens is 318 g/mol. The number of imide groups is 1. The van der Waals surface area contributed by atoms with Gasteiger partial charge in [-0.1, -0.05) is 32.1 Å². The molecule has 3 rings (SSSR count). The third-order valence-electron chi connectivity index (χ3n) is 5.37. The van der Waals surface area contributed by atoms with Gasteiger partial charge in [0.15, 0.2) is 0 Å². The number of carbonyl (C=O) groups excluding carboxylic acids is 2. The Morgan fingerprint density at radius 1 is 1.13 bits per heavy atom. The third kappa shape index (κ3) is 3.52. The number of hydrogen-bond donors (Lipinski definition) is 2. The van der Waals surface area contributed by atoms with Crippen molar-refractivity contribution in [2.45, 2.75) is 56.9 Å². The summed E-state index contributed by atoms with van der Waals surface area (Å²) in [6.07, 6.45) is 7.66. The van der Waals surface area contributed by atoms with Crippen LogP contribution in [0.15, 0.2) is 0 Å². The van der Waals surface area contributed by atoms with Crippen LogP contribution in [0.1, 0.15) is 51.4 Å². The standard InChI is InChI=1S/C15H25N3O4S/c19-13-15(17-14(20)16-13)8-4-9-18(11-15)23(21,22)10-7-12-5-2-1-3-6-12/h12H,1-11H2,(H2,16,17,19,20). The lowest BCUT2D eigenvalue weighted by Gasteiger charge is -2.37. The van der Waals surface area contributed by atoms with E-state index in [1.165, 1.54) is 23.6 Å². The maximum absolute atomic E-state index is 12.6. The Labute approximate surface area is 137 Å². The molecule has 1 saturated carbocycles. The highest BCUT2D eigenvalue weighted by molar-refractivity contribution is 7.89. The van der Waals surface area contributed by atoms with E-state index < -0.39 is 27.5 Å². The molecule has 1 spiro atoms. The first-order valence-electron chi connectivity index (χ1n) is 8.53. The SMILES string of the molecule is O=C1NC(=O)C2(CCCN(S(=O)(=O)CCC3CCCCC3)C2)N1. The second kappa shape index (κ2) is 6.39.